The number of piperidine rings is 1. The number of nitrogens with two attached hydrogens (primary N) is 1. The first-order valence-electron chi connectivity index (χ1n) is 6.19. The molecule has 1 saturated heterocycles. The van der Waals surface area contributed by atoms with Crippen LogP contribution in [0.3, 0.4) is 0 Å². The van der Waals surface area contributed by atoms with E-state index in [1.165, 1.54) is 11.3 Å². The molecule has 1 fully saturated rings. The molecule has 1 amide bonds. The van der Waals surface area contributed by atoms with Crippen molar-refractivity contribution in [3.63, 3.8) is 0 Å². The zero-order valence-electron chi connectivity index (χ0n) is 10.3. The fourth-order valence-corrected chi connectivity index (χ4v) is 3.34. The summed E-state index contributed by atoms with van der Waals surface area (Å²) in [6.45, 7) is 1.47. The molecule has 6 heteroatoms. The van der Waals surface area contributed by atoms with Crippen molar-refractivity contribution < 1.29 is 9.90 Å². The fourth-order valence-electron chi connectivity index (χ4n) is 2.33. The second-order valence-electron chi connectivity index (χ2n) is 4.67. The number of aliphatic hydroxyl groups excluding tert-OH is 1. The normalized spacial score (nSPS) is 19.8. The second kappa shape index (κ2) is 4.79. The standard InChI is InChI=1S/C13H14N3O2S/c14-12(18)9-4-1-5-10-11(9)15-13(19-10)16-6-2-3-8(17)7-16/h1,5,8,17H,2-3,6-7H2,(H2,14,18)/t8-/m0/s1. The van der Waals surface area contributed by atoms with Gasteiger partial charge in [-0.15, -0.1) is 0 Å². The summed E-state index contributed by atoms with van der Waals surface area (Å²) in [6.07, 6.45) is 1.48. The van der Waals surface area contributed by atoms with Crippen LogP contribution in [-0.2, 0) is 0 Å². The molecule has 0 bridgehead atoms. The zero-order valence-corrected chi connectivity index (χ0v) is 11.1. The molecule has 19 heavy (non-hydrogen) atoms. The Morgan fingerprint density at radius 1 is 1.63 bits per heavy atom. The van der Waals surface area contributed by atoms with Gasteiger partial charge in [0.05, 0.1) is 21.9 Å². The highest BCUT2D eigenvalue weighted by molar-refractivity contribution is 7.22. The van der Waals surface area contributed by atoms with Crippen LogP contribution in [0.25, 0.3) is 10.2 Å². The number of fused-ring (bicyclic) bond motifs is 1. The van der Waals surface area contributed by atoms with Gasteiger partial charge in [0.1, 0.15) is 0 Å². The van der Waals surface area contributed by atoms with E-state index in [2.05, 4.69) is 16.0 Å². The lowest BCUT2D eigenvalue weighted by atomic mass is 10.1. The van der Waals surface area contributed by atoms with E-state index in [-0.39, 0.29) is 6.10 Å². The van der Waals surface area contributed by atoms with Gasteiger partial charge in [-0.25, -0.2) is 4.98 Å². The van der Waals surface area contributed by atoms with Gasteiger partial charge in [0.2, 0.25) is 0 Å². The van der Waals surface area contributed by atoms with Crippen molar-refractivity contribution in [2.24, 2.45) is 5.73 Å². The molecule has 2 heterocycles. The lowest BCUT2D eigenvalue weighted by Gasteiger charge is -2.29. The number of aromatic nitrogens is 1. The van der Waals surface area contributed by atoms with Gasteiger partial charge in [0.15, 0.2) is 5.13 Å². The Labute approximate surface area is 114 Å². The summed E-state index contributed by atoms with van der Waals surface area (Å²) < 4.78 is 0.919. The predicted molar refractivity (Wildman–Crippen MR) is 74.4 cm³/mol. The van der Waals surface area contributed by atoms with Crippen LogP contribution in [0.5, 0.6) is 0 Å². The van der Waals surface area contributed by atoms with Crippen molar-refractivity contribution in [1.29, 1.82) is 0 Å². The SMILES string of the molecule is NC(=O)c1[c]ccc2sc(N3CCC[C@H](O)C3)nc12. The topological polar surface area (TPSA) is 79.5 Å². The van der Waals surface area contributed by atoms with E-state index in [1.807, 2.05) is 6.07 Å². The van der Waals surface area contributed by atoms with Crippen LogP contribution in [0, 0.1) is 6.07 Å². The summed E-state index contributed by atoms with van der Waals surface area (Å²) >= 11 is 1.51. The van der Waals surface area contributed by atoms with Crippen LogP contribution in [0.2, 0.25) is 0 Å². The van der Waals surface area contributed by atoms with Crippen molar-refractivity contribution in [3.05, 3.63) is 23.8 Å². The lowest BCUT2D eigenvalue weighted by Crippen LogP contribution is -2.38. The number of benzene rings is 1. The summed E-state index contributed by atoms with van der Waals surface area (Å²) in [5.41, 5.74) is 6.27. The van der Waals surface area contributed by atoms with Gasteiger partial charge in [-0.05, 0) is 25.0 Å². The van der Waals surface area contributed by atoms with E-state index < -0.39 is 5.91 Å². The maximum absolute atomic E-state index is 11.4. The number of carbonyl (C=O) groups excluding carboxylic acids is 1. The number of hydrogen-bond donors (Lipinski definition) is 2. The summed E-state index contributed by atoms with van der Waals surface area (Å²) in [5.74, 6) is -0.513. The number of nitrogens with zero attached hydrogens (tertiary/aromatic N) is 2. The average molecular weight is 276 g/mol. The summed E-state index contributed by atoms with van der Waals surface area (Å²) in [4.78, 5) is 17.9. The Hall–Kier alpha value is -1.66. The lowest BCUT2D eigenvalue weighted by molar-refractivity contribution is 0.100. The number of anilines is 1. The summed E-state index contributed by atoms with van der Waals surface area (Å²) in [7, 11) is 0. The van der Waals surface area contributed by atoms with E-state index >= 15 is 0 Å². The molecule has 0 unspecified atom stereocenters. The van der Waals surface area contributed by atoms with Crippen LogP contribution in [0.4, 0.5) is 5.13 Å². The Morgan fingerprint density at radius 3 is 3.21 bits per heavy atom. The van der Waals surface area contributed by atoms with Gasteiger partial charge in [-0.1, -0.05) is 17.4 Å². The van der Waals surface area contributed by atoms with Gasteiger partial charge in [-0.3, -0.25) is 4.79 Å². The number of primary amides is 1. The van der Waals surface area contributed by atoms with E-state index in [0.717, 1.165) is 29.2 Å². The van der Waals surface area contributed by atoms with Crippen molar-refractivity contribution in [1.82, 2.24) is 4.98 Å². The van der Waals surface area contributed by atoms with Crippen molar-refractivity contribution in [3.8, 4) is 0 Å². The third kappa shape index (κ3) is 2.29. The average Bonchev–Trinajstić information content (AvgIpc) is 2.82. The Kier molecular flexibility index (Phi) is 3.12. The molecule has 0 saturated carbocycles. The molecular weight excluding hydrogens is 262 g/mol. The fraction of sp³-hybridized carbons (Fsp3) is 0.385. The second-order valence-corrected chi connectivity index (χ2v) is 5.68. The van der Waals surface area contributed by atoms with Crippen molar-refractivity contribution in [2.45, 2.75) is 18.9 Å². The molecule has 2 aromatic rings. The van der Waals surface area contributed by atoms with Gasteiger partial charge in [0.25, 0.3) is 5.91 Å². The minimum Gasteiger partial charge on any atom is -0.391 e. The quantitative estimate of drug-likeness (QED) is 0.862. The molecule has 3 N–H and O–H groups in total. The Morgan fingerprint density at radius 2 is 2.47 bits per heavy atom. The highest BCUT2D eigenvalue weighted by atomic mass is 32.1. The van der Waals surface area contributed by atoms with E-state index in [9.17, 15) is 9.90 Å². The molecule has 1 aliphatic heterocycles. The molecule has 99 valence electrons. The third-order valence-electron chi connectivity index (χ3n) is 3.25. The van der Waals surface area contributed by atoms with Crippen LogP contribution in [0.15, 0.2) is 12.1 Å². The van der Waals surface area contributed by atoms with E-state index in [1.54, 1.807) is 6.07 Å². The summed E-state index contributed by atoms with van der Waals surface area (Å²) in [5, 5.41) is 10.5. The molecule has 3 rings (SSSR count). The predicted octanol–water partition coefficient (Wildman–Crippen LogP) is 1.16. The number of thiazole rings is 1. The van der Waals surface area contributed by atoms with Crippen molar-refractivity contribution in [2.75, 3.05) is 18.0 Å². The number of rotatable bonds is 2. The highest BCUT2D eigenvalue weighted by Crippen LogP contribution is 2.31. The third-order valence-corrected chi connectivity index (χ3v) is 4.34. The minimum absolute atomic E-state index is 0.303. The van der Waals surface area contributed by atoms with Crippen LogP contribution >= 0.6 is 11.3 Å². The number of amides is 1. The Balaban J connectivity index is 2.01. The van der Waals surface area contributed by atoms with Gasteiger partial charge in [-0.2, -0.15) is 0 Å². The van der Waals surface area contributed by atoms with Crippen LogP contribution in [0.1, 0.15) is 23.2 Å². The summed E-state index contributed by atoms with van der Waals surface area (Å²) in [6, 6.07) is 6.41. The number of carbonyl (C=O) groups is 1. The monoisotopic (exact) mass is 276 g/mol. The zero-order chi connectivity index (χ0) is 13.4. The molecular formula is C13H14N3O2S. The van der Waals surface area contributed by atoms with E-state index in [0.29, 0.717) is 17.6 Å². The molecule has 5 nitrogen and oxygen atoms in total. The number of aliphatic hydroxyl groups is 1. The molecule has 1 aliphatic rings. The molecule has 1 aromatic carbocycles. The number of hydrogen-bond acceptors (Lipinski definition) is 5. The first-order chi connectivity index (χ1) is 9.15. The van der Waals surface area contributed by atoms with Crippen molar-refractivity contribution >= 4 is 32.6 Å². The van der Waals surface area contributed by atoms with Gasteiger partial charge in [0, 0.05) is 13.1 Å². The smallest absolute Gasteiger partial charge is 0.251 e. The molecule has 0 spiro atoms. The maximum atomic E-state index is 11.4. The first kappa shape index (κ1) is 12.4. The molecule has 1 aromatic heterocycles. The molecule has 1 atom stereocenters. The maximum Gasteiger partial charge on any atom is 0.251 e. The van der Waals surface area contributed by atoms with Gasteiger partial charge < -0.3 is 15.7 Å². The van der Waals surface area contributed by atoms with Crippen LogP contribution in [-0.4, -0.2) is 35.2 Å². The van der Waals surface area contributed by atoms with E-state index in [4.69, 9.17) is 5.73 Å². The first-order valence-corrected chi connectivity index (χ1v) is 7.01. The minimum atomic E-state index is -0.513. The number of β-amino-alcohol motifs (C(OH)–C–C–N with tert-alkyl or cyclic N) is 1. The Bertz CT molecular complexity index is 625. The van der Waals surface area contributed by atoms with Crippen LogP contribution < -0.4 is 10.6 Å². The molecule has 0 aliphatic carbocycles. The molecule has 1 radical (unpaired) electrons. The highest BCUT2D eigenvalue weighted by Gasteiger charge is 2.21. The van der Waals surface area contributed by atoms with Gasteiger partial charge >= 0.3 is 0 Å². The largest absolute Gasteiger partial charge is 0.391 e.